The normalized spacial score (nSPS) is 46.4. The van der Waals surface area contributed by atoms with Crippen LogP contribution < -0.4 is 0 Å². The Kier molecular flexibility index (Phi) is 1.12. The molecule has 4 heteroatoms. The number of hydrogen-bond donors (Lipinski definition) is 0. The molecule has 4 nitrogen and oxygen atoms in total. The van der Waals surface area contributed by atoms with Gasteiger partial charge in [0.1, 0.15) is 0 Å². The van der Waals surface area contributed by atoms with Gasteiger partial charge < -0.3 is 4.74 Å². The van der Waals surface area contributed by atoms with Crippen molar-refractivity contribution in [3.63, 3.8) is 0 Å². The first-order valence-electron chi connectivity index (χ1n) is 4.35. The number of likely N-dealkylation sites (tertiary alicyclic amines) is 1. The molecule has 2 bridgehead atoms. The summed E-state index contributed by atoms with van der Waals surface area (Å²) < 4.78 is 5.45. The van der Waals surface area contributed by atoms with Crippen LogP contribution in [0.3, 0.4) is 0 Å². The summed E-state index contributed by atoms with van der Waals surface area (Å²) in [6, 6.07) is 0. The van der Waals surface area contributed by atoms with Crippen molar-refractivity contribution in [1.82, 2.24) is 4.90 Å². The molecule has 0 saturated carbocycles. The molecule has 0 N–H and O–H groups in total. The maximum atomic E-state index is 11.6. The third-order valence-corrected chi connectivity index (χ3v) is 3.13. The van der Waals surface area contributed by atoms with Gasteiger partial charge in [-0.25, -0.2) is 0 Å². The molecule has 2 fully saturated rings. The Bertz CT molecular complexity index is 306. The lowest BCUT2D eigenvalue weighted by molar-refractivity contribution is -0.140. The summed E-state index contributed by atoms with van der Waals surface area (Å²) in [5, 5.41) is 0. The summed E-state index contributed by atoms with van der Waals surface area (Å²) >= 11 is 0. The molecule has 13 heavy (non-hydrogen) atoms. The molecule has 0 aromatic heterocycles. The Morgan fingerprint density at radius 1 is 1.15 bits per heavy atom. The first-order valence-corrected chi connectivity index (χ1v) is 4.35. The SMILES string of the molecule is CN1C(=O)C2C3C=CC(O3)[C@@H]2C1=O. The van der Waals surface area contributed by atoms with Crippen LogP contribution in [-0.2, 0) is 14.3 Å². The highest BCUT2D eigenvalue weighted by atomic mass is 16.5. The first-order chi connectivity index (χ1) is 6.20. The monoisotopic (exact) mass is 179 g/mol. The Morgan fingerprint density at radius 3 is 2.08 bits per heavy atom. The Morgan fingerprint density at radius 2 is 1.62 bits per heavy atom. The minimum Gasteiger partial charge on any atom is -0.365 e. The number of hydrogen-bond acceptors (Lipinski definition) is 3. The molecule has 4 atom stereocenters. The maximum Gasteiger partial charge on any atom is 0.235 e. The van der Waals surface area contributed by atoms with E-state index in [-0.39, 0.29) is 35.9 Å². The predicted octanol–water partition coefficient (Wildman–Crippen LogP) is -0.445. The number of amides is 2. The van der Waals surface area contributed by atoms with Crippen LogP contribution in [0.2, 0.25) is 0 Å². The average molecular weight is 179 g/mol. The lowest BCUT2D eigenvalue weighted by atomic mass is 9.85. The molecular weight excluding hydrogens is 170 g/mol. The molecule has 0 spiro atoms. The van der Waals surface area contributed by atoms with Crippen LogP contribution in [-0.4, -0.2) is 36.0 Å². The van der Waals surface area contributed by atoms with Crippen LogP contribution in [0.4, 0.5) is 0 Å². The quantitative estimate of drug-likeness (QED) is 0.374. The fourth-order valence-corrected chi connectivity index (χ4v) is 2.45. The van der Waals surface area contributed by atoms with Crippen LogP contribution in [0.1, 0.15) is 0 Å². The number of fused-ring (bicyclic) bond motifs is 5. The van der Waals surface area contributed by atoms with Gasteiger partial charge in [0.2, 0.25) is 11.8 Å². The van der Waals surface area contributed by atoms with E-state index in [0.29, 0.717) is 0 Å². The number of imide groups is 1. The average Bonchev–Trinajstić information content (AvgIpc) is 2.76. The van der Waals surface area contributed by atoms with Crippen LogP contribution in [0.15, 0.2) is 12.2 Å². The molecular formula is C9H9NO3. The Hall–Kier alpha value is -1.16. The van der Waals surface area contributed by atoms with Crippen molar-refractivity contribution in [2.75, 3.05) is 7.05 Å². The van der Waals surface area contributed by atoms with Gasteiger partial charge >= 0.3 is 0 Å². The molecule has 2 saturated heterocycles. The molecule has 3 aliphatic heterocycles. The smallest absolute Gasteiger partial charge is 0.235 e. The van der Waals surface area contributed by atoms with Crippen LogP contribution in [0.5, 0.6) is 0 Å². The molecule has 0 radical (unpaired) electrons. The van der Waals surface area contributed by atoms with E-state index in [0.717, 1.165) is 0 Å². The molecule has 0 aromatic carbocycles. The van der Waals surface area contributed by atoms with Gasteiger partial charge in [-0.2, -0.15) is 0 Å². The van der Waals surface area contributed by atoms with E-state index < -0.39 is 0 Å². The van der Waals surface area contributed by atoms with Gasteiger partial charge in [-0.05, 0) is 0 Å². The fourth-order valence-electron chi connectivity index (χ4n) is 2.45. The molecule has 0 aliphatic carbocycles. The van der Waals surface area contributed by atoms with Crippen molar-refractivity contribution < 1.29 is 14.3 Å². The highest BCUT2D eigenvalue weighted by Gasteiger charge is 2.59. The second-order valence-corrected chi connectivity index (χ2v) is 3.74. The van der Waals surface area contributed by atoms with Crippen molar-refractivity contribution in [3.05, 3.63) is 12.2 Å². The van der Waals surface area contributed by atoms with E-state index in [9.17, 15) is 9.59 Å². The van der Waals surface area contributed by atoms with Gasteiger partial charge in [0.05, 0.1) is 24.0 Å². The number of carbonyl (C=O) groups is 2. The highest BCUT2D eigenvalue weighted by Crippen LogP contribution is 2.44. The van der Waals surface area contributed by atoms with Crippen LogP contribution >= 0.6 is 0 Å². The van der Waals surface area contributed by atoms with Crippen LogP contribution in [0, 0.1) is 11.8 Å². The van der Waals surface area contributed by atoms with Gasteiger partial charge in [0.15, 0.2) is 0 Å². The predicted molar refractivity (Wildman–Crippen MR) is 42.6 cm³/mol. The molecule has 3 aliphatic rings. The minimum absolute atomic E-state index is 0.0909. The third kappa shape index (κ3) is 0.659. The van der Waals surface area contributed by atoms with Gasteiger partial charge in [-0.15, -0.1) is 0 Å². The van der Waals surface area contributed by atoms with E-state index >= 15 is 0 Å². The van der Waals surface area contributed by atoms with Crippen LogP contribution in [0.25, 0.3) is 0 Å². The molecule has 0 aromatic rings. The van der Waals surface area contributed by atoms with Crippen molar-refractivity contribution in [2.24, 2.45) is 11.8 Å². The lowest BCUT2D eigenvalue weighted by Gasteiger charge is -2.10. The Labute approximate surface area is 75.1 Å². The van der Waals surface area contributed by atoms with E-state index in [1.807, 2.05) is 12.2 Å². The standard InChI is InChI=1S/C9H9NO3/c1-10-8(11)6-4-2-3-5(13-4)7(6)9(10)12/h2-7H,1H3/t4?,5?,6-,7?/m0/s1. The summed E-state index contributed by atoms with van der Waals surface area (Å²) in [5.41, 5.74) is 0. The zero-order chi connectivity index (χ0) is 9.16. The van der Waals surface area contributed by atoms with E-state index in [2.05, 4.69) is 0 Å². The van der Waals surface area contributed by atoms with E-state index in [4.69, 9.17) is 4.74 Å². The largest absolute Gasteiger partial charge is 0.365 e. The lowest BCUT2D eigenvalue weighted by Crippen LogP contribution is -2.30. The molecule has 2 amide bonds. The zero-order valence-corrected chi connectivity index (χ0v) is 7.14. The van der Waals surface area contributed by atoms with E-state index in [1.54, 1.807) is 7.05 Å². The highest BCUT2D eigenvalue weighted by molar-refractivity contribution is 6.06. The number of nitrogens with zero attached hydrogens (tertiary/aromatic N) is 1. The number of carbonyl (C=O) groups excluding carboxylic acids is 2. The minimum atomic E-state index is -0.243. The second kappa shape index (κ2) is 2.01. The molecule has 68 valence electrons. The first kappa shape index (κ1) is 7.26. The number of rotatable bonds is 0. The maximum absolute atomic E-state index is 11.6. The summed E-state index contributed by atoms with van der Waals surface area (Å²) in [6.45, 7) is 0. The summed E-state index contributed by atoms with van der Waals surface area (Å²) in [6.07, 6.45) is 3.46. The summed E-state index contributed by atoms with van der Waals surface area (Å²) in [5.74, 6) is -0.668. The molecule has 3 unspecified atom stereocenters. The molecule has 3 rings (SSSR count). The van der Waals surface area contributed by atoms with Crippen molar-refractivity contribution >= 4 is 11.8 Å². The second-order valence-electron chi connectivity index (χ2n) is 3.74. The van der Waals surface area contributed by atoms with Crippen molar-refractivity contribution in [2.45, 2.75) is 12.2 Å². The fraction of sp³-hybridized carbons (Fsp3) is 0.556. The Balaban J connectivity index is 2.08. The van der Waals surface area contributed by atoms with Gasteiger partial charge in [0, 0.05) is 7.05 Å². The third-order valence-electron chi connectivity index (χ3n) is 3.13. The van der Waals surface area contributed by atoms with Gasteiger partial charge in [0.25, 0.3) is 0 Å². The van der Waals surface area contributed by atoms with Gasteiger partial charge in [-0.1, -0.05) is 12.2 Å². The van der Waals surface area contributed by atoms with Crippen molar-refractivity contribution in [1.29, 1.82) is 0 Å². The number of ether oxygens (including phenoxy) is 1. The topological polar surface area (TPSA) is 46.6 Å². The summed E-state index contributed by atoms with van der Waals surface area (Å²) in [4.78, 5) is 24.4. The molecule has 3 heterocycles. The van der Waals surface area contributed by atoms with E-state index in [1.165, 1.54) is 4.90 Å². The zero-order valence-electron chi connectivity index (χ0n) is 7.14. The van der Waals surface area contributed by atoms with Gasteiger partial charge in [-0.3, -0.25) is 14.5 Å². The van der Waals surface area contributed by atoms with Crippen molar-refractivity contribution in [3.8, 4) is 0 Å². The summed E-state index contributed by atoms with van der Waals surface area (Å²) in [7, 11) is 1.54.